The van der Waals surface area contributed by atoms with E-state index in [4.69, 9.17) is 18.9 Å². The molecule has 7 heteroatoms. The molecule has 1 aromatic heterocycles. The maximum absolute atomic E-state index is 13.9. The topological polar surface area (TPSA) is 59.8 Å². The Balaban J connectivity index is 1.39. The molecule has 6 rings (SSSR count). The van der Waals surface area contributed by atoms with Gasteiger partial charge in [-0.15, -0.1) is 0 Å². The van der Waals surface area contributed by atoms with Crippen LogP contribution in [0.4, 0.5) is 10.1 Å². The summed E-state index contributed by atoms with van der Waals surface area (Å²) < 4.78 is 31.8. The second-order valence-electron chi connectivity index (χ2n) is 8.84. The van der Waals surface area contributed by atoms with Gasteiger partial charge in [0.05, 0.1) is 30.5 Å². The van der Waals surface area contributed by atoms with Crippen molar-refractivity contribution in [2.75, 3.05) is 31.6 Å². The van der Waals surface area contributed by atoms with E-state index in [1.807, 2.05) is 24.3 Å². The first kappa shape index (κ1) is 19.1. The standard InChI is InChI=1S/C24H26FN3O3/c1-14-12-28(9-10-29-14)20-13-30-21-11-16(25)7-8-17(21)22(20)26-18-3-2-4-19-23(18)31-24(27-19)15-5-6-15/h2-4,7-8,11,14-15,20,22,26H,5-6,9-10,12-13H2,1H3/t14-,20+,22+/m1/s1. The fourth-order valence-electron chi connectivity index (χ4n) is 4.76. The number of rotatable bonds is 4. The Morgan fingerprint density at radius 2 is 2.10 bits per heavy atom. The lowest BCUT2D eigenvalue weighted by Crippen LogP contribution is -2.54. The molecule has 1 saturated carbocycles. The Morgan fingerprint density at radius 3 is 2.94 bits per heavy atom. The third kappa shape index (κ3) is 3.55. The molecular formula is C24H26FN3O3. The van der Waals surface area contributed by atoms with Gasteiger partial charge < -0.3 is 19.2 Å². The molecule has 3 heterocycles. The number of anilines is 1. The van der Waals surface area contributed by atoms with Gasteiger partial charge in [0.15, 0.2) is 11.5 Å². The number of para-hydroxylation sites is 1. The summed E-state index contributed by atoms with van der Waals surface area (Å²) in [7, 11) is 0. The number of hydrogen-bond acceptors (Lipinski definition) is 6. The molecule has 1 saturated heterocycles. The molecule has 1 N–H and O–H groups in total. The summed E-state index contributed by atoms with van der Waals surface area (Å²) in [5.74, 6) is 1.59. The molecule has 31 heavy (non-hydrogen) atoms. The zero-order valence-electron chi connectivity index (χ0n) is 17.5. The molecule has 3 aromatic rings. The van der Waals surface area contributed by atoms with E-state index in [9.17, 15) is 4.39 Å². The van der Waals surface area contributed by atoms with Crippen molar-refractivity contribution in [3.63, 3.8) is 0 Å². The predicted molar refractivity (Wildman–Crippen MR) is 115 cm³/mol. The summed E-state index contributed by atoms with van der Waals surface area (Å²) in [5, 5.41) is 3.72. The zero-order chi connectivity index (χ0) is 20.9. The van der Waals surface area contributed by atoms with Crippen LogP contribution in [0.25, 0.3) is 11.1 Å². The molecule has 0 unspecified atom stereocenters. The Bertz CT molecular complexity index is 1110. The molecular weight excluding hydrogens is 397 g/mol. The fourth-order valence-corrected chi connectivity index (χ4v) is 4.76. The molecule has 1 aliphatic carbocycles. The molecule has 3 aliphatic rings. The van der Waals surface area contributed by atoms with Crippen molar-refractivity contribution in [2.45, 2.75) is 43.9 Å². The average molecular weight is 423 g/mol. The molecule has 2 aliphatic heterocycles. The van der Waals surface area contributed by atoms with Gasteiger partial charge in [-0.3, -0.25) is 4.90 Å². The summed E-state index contributed by atoms with van der Waals surface area (Å²) in [4.78, 5) is 7.11. The highest BCUT2D eigenvalue weighted by atomic mass is 19.1. The highest BCUT2D eigenvalue weighted by molar-refractivity contribution is 5.86. The predicted octanol–water partition coefficient (Wildman–Crippen LogP) is 4.48. The van der Waals surface area contributed by atoms with Crippen LogP contribution in [0.3, 0.4) is 0 Å². The van der Waals surface area contributed by atoms with Crippen molar-refractivity contribution in [2.24, 2.45) is 0 Å². The van der Waals surface area contributed by atoms with E-state index in [1.54, 1.807) is 0 Å². The van der Waals surface area contributed by atoms with Crippen LogP contribution in [0.15, 0.2) is 40.8 Å². The minimum Gasteiger partial charge on any atom is -0.491 e. The highest BCUT2D eigenvalue weighted by Gasteiger charge is 2.37. The number of ether oxygens (including phenoxy) is 2. The van der Waals surface area contributed by atoms with Gasteiger partial charge in [-0.1, -0.05) is 12.1 Å². The smallest absolute Gasteiger partial charge is 0.198 e. The first-order valence-corrected chi connectivity index (χ1v) is 11.1. The van der Waals surface area contributed by atoms with Gasteiger partial charge >= 0.3 is 0 Å². The van der Waals surface area contributed by atoms with Crippen LogP contribution in [-0.4, -0.2) is 48.3 Å². The normalized spacial score (nSPS) is 26.5. The van der Waals surface area contributed by atoms with Gasteiger partial charge in [0.2, 0.25) is 0 Å². The number of nitrogens with one attached hydrogen (secondary N) is 1. The summed E-state index contributed by atoms with van der Waals surface area (Å²) in [6.45, 7) is 4.95. The first-order chi connectivity index (χ1) is 15.2. The molecule has 3 atom stereocenters. The number of fused-ring (bicyclic) bond motifs is 2. The van der Waals surface area contributed by atoms with Crippen LogP contribution in [0.5, 0.6) is 5.75 Å². The number of hydrogen-bond donors (Lipinski definition) is 1. The lowest BCUT2D eigenvalue weighted by molar-refractivity contribution is -0.0465. The van der Waals surface area contributed by atoms with Crippen LogP contribution in [-0.2, 0) is 4.74 Å². The van der Waals surface area contributed by atoms with Gasteiger partial charge in [-0.25, -0.2) is 9.37 Å². The second-order valence-corrected chi connectivity index (χ2v) is 8.84. The lowest BCUT2D eigenvalue weighted by atomic mass is 9.94. The monoisotopic (exact) mass is 423 g/mol. The maximum Gasteiger partial charge on any atom is 0.198 e. The van der Waals surface area contributed by atoms with Crippen LogP contribution < -0.4 is 10.1 Å². The summed E-state index contributed by atoms with van der Waals surface area (Å²) >= 11 is 0. The van der Waals surface area contributed by atoms with Crippen LogP contribution >= 0.6 is 0 Å². The van der Waals surface area contributed by atoms with E-state index in [1.165, 1.54) is 12.1 Å². The third-order valence-electron chi connectivity index (χ3n) is 6.52. The number of morpholine rings is 1. The molecule has 0 radical (unpaired) electrons. The van der Waals surface area contributed by atoms with Crippen LogP contribution in [0.2, 0.25) is 0 Å². The van der Waals surface area contributed by atoms with E-state index in [-0.39, 0.29) is 24.0 Å². The van der Waals surface area contributed by atoms with Gasteiger partial charge in [0, 0.05) is 30.6 Å². The molecule has 2 fully saturated rings. The van der Waals surface area contributed by atoms with E-state index in [0.717, 1.165) is 54.2 Å². The molecule has 162 valence electrons. The van der Waals surface area contributed by atoms with E-state index < -0.39 is 0 Å². The van der Waals surface area contributed by atoms with Crippen LogP contribution in [0, 0.1) is 5.82 Å². The minimum absolute atomic E-state index is 0.0743. The Kier molecular flexibility index (Phi) is 4.61. The van der Waals surface area contributed by atoms with E-state index in [2.05, 4.69) is 17.1 Å². The SMILES string of the molecule is C[C@@H]1CN([C@H]2COc3cc(F)ccc3[C@@H]2Nc2cccc3nc(C4CC4)oc23)CCO1. The number of benzene rings is 2. The molecule has 0 amide bonds. The Hall–Kier alpha value is -2.64. The van der Waals surface area contributed by atoms with Crippen molar-refractivity contribution in [3.8, 4) is 5.75 Å². The summed E-state index contributed by atoms with van der Waals surface area (Å²) in [6, 6.07) is 10.8. The van der Waals surface area contributed by atoms with Gasteiger partial charge in [0.1, 0.15) is 23.7 Å². The van der Waals surface area contributed by atoms with Gasteiger partial charge in [-0.05, 0) is 38.0 Å². The summed E-state index contributed by atoms with van der Waals surface area (Å²) in [5.41, 5.74) is 3.52. The quantitative estimate of drug-likeness (QED) is 0.668. The largest absolute Gasteiger partial charge is 0.491 e. The van der Waals surface area contributed by atoms with Crippen LogP contribution in [0.1, 0.15) is 43.2 Å². The molecule has 0 spiro atoms. The maximum atomic E-state index is 13.9. The molecule has 2 aromatic carbocycles. The summed E-state index contributed by atoms with van der Waals surface area (Å²) in [6.07, 6.45) is 2.46. The lowest BCUT2D eigenvalue weighted by Gasteiger charge is -2.43. The number of oxazole rings is 1. The van der Waals surface area contributed by atoms with Crippen molar-refractivity contribution in [1.29, 1.82) is 0 Å². The van der Waals surface area contributed by atoms with Crippen molar-refractivity contribution in [1.82, 2.24) is 9.88 Å². The van der Waals surface area contributed by atoms with E-state index in [0.29, 0.717) is 24.9 Å². The van der Waals surface area contributed by atoms with Crippen molar-refractivity contribution in [3.05, 3.63) is 53.7 Å². The van der Waals surface area contributed by atoms with E-state index >= 15 is 0 Å². The number of aromatic nitrogens is 1. The third-order valence-corrected chi connectivity index (χ3v) is 6.52. The fraction of sp³-hybridized carbons (Fsp3) is 0.458. The second kappa shape index (κ2) is 7.50. The Labute approximate surface area is 180 Å². The first-order valence-electron chi connectivity index (χ1n) is 11.1. The number of halogens is 1. The van der Waals surface area contributed by atoms with Gasteiger partial charge in [0.25, 0.3) is 0 Å². The van der Waals surface area contributed by atoms with Crippen molar-refractivity contribution >= 4 is 16.8 Å². The highest BCUT2D eigenvalue weighted by Crippen LogP contribution is 2.43. The van der Waals surface area contributed by atoms with Crippen molar-refractivity contribution < 1.29 is 18.3 Å². The average Bonchev–Trinajstić information content (AvgIpc) is 3.52. The Morgan fingerprint density at radius 1 is 1.19 bits per heavy atom. The zero-order valence-corrected chi connectivity index (χ0v) is 17.5. The van der Waals surface area contributed by atoms with Gasteiger partial charge in [-0.2, -0.15) is 0 Å². The minimum atomic E-state index is -0.289. The molecule has 6 nitrogen and oxygen atoms in total. The molecule has 0 bridgehead atoms. The number of nitrogens with zero attached hydrogens (tertiary/aromatic N) is 2.